The van der Waals surface area contributed by atoms with Crippen LogP contribution in [0, 0.1) is 17.0 Å². The number of rotatable bonds is 5. The number of carbonyl (C=O) groups is 2. The molecule has 0 aliphatic heterocycles. The van der Waals surface area contributed by atoms with Gasteiger partial charge in [-0.15, -0.1) is 0 Å². The van der Waals surface area contributed by atoms with Crippen molar-refractivity contribution >= 4 is 23.3 Å². The van der Waals surface area contributed by atoms with Crippen LogP contribution in [0.3, 0.4) is 0 Å². The van der Waals surface area contributed by atoms with Crippen molar-refractivity contribution in [1.82, 2.24) is 0 Å². The highest BCUT2D eigenvalue weighted by molar-refractivity contribution is 5.96. The molecule has 0 aliphatic rings. The Morgan fingerprint density at radius 1 is 1.13 bits per heavy atom. The van der Waals surface area contributed by atoms with Gasteiger partial charge in [0.15, 0.2) is 6.61 Å². The number of benzene rings is 2. The second kappa shape index (κ2) is 7.17. The van der Waals surface area contributed by atoms with Gasteiger partial charge in [0.2, 0.25) is 0 Å². The molecule has 7 heteroatoms. The van der Waals surface area contributed by atoms with E-state index in [0.717, 1.165) is 5.56 Å². The Labute approximate surface area is 132 Å². The highest BCUT2D eigenvalue weighted by Crippen LogP contribution is 2.22. The number of hydrogen-bond donors (Lipinski definition) is 1. The monoisotopic (exact) mass is 314 g/mol. The maximum absolute atomic E-state index is 11.8. The molecule has 1 N–H and O–H groups in total. The molecular formula is C16H14N2O5. The second-order valence-electron chi connectivity index (χ2n) is 4.76. The number of ether oxygens (including phenoxy) is 1. The predicted octanol–water partition coefficient (Wildman–Crippen LogP) is 2.70. The van der Waals surface area contributed by atoms with Crippen molar-refractivity contribution in [2.45, 2.75) is 6.92 Å². The quantitative estimate of drug-likeness (QED) is 0.519. The summed E-state index contributed by atoms with van der Waals surface area (Å²) < 4.78 is 4.88. The molecule has 0 saturated heterocycles. The van der Waals surface area contributed by atoms with Crippen molar-refractivity contribution in [2.24, 2.45) is 0 Å². The summed E-state index contributed by atoms with van der Waals surface area (Å²) in [5.41, 5.74) is 1.14. The number of hydrogen-bond acceptors (Lipinski definition) is 5. The molecule has 0 bridgehead atoms. The number of para-hydroxylation sites is 2. The van der Waals surface area contributed by atoms with E-state index >= 15 is 0 Å². The zero-order valence-electron chi connectivity index (χ0n) is 12.3. The third-order valence-electron chi connectivity index (χ3n) is 3.00. The smallest absolute Gasteiger partial charge is 0.338 e. The van der Waals surface area contributed by atoms with Gasteiger partial charge in [0.25, 0.3) is 11.6 Å². The van der Waals surface area contributed by atoms with Gasteiger partial charge in [0.05, 0.1) is 10.5 Å². The fraction of sp³-hybridized carbons (Fsp3) is 0.125. The van der Waals surface area contributed by atoms with Crippen LogP contribution in [0.4, 0.5) is 11.4 Å². The van der Waals surface area contributed by atoms with Crippen molar-refractivity contribution in [3.8, 4) is 0 Å². The summed E-state index contributed by atoms with van der Waals surface area (Å²) in [7, 11) is 0. The van der Waals surface area contributed by atoms with Crippen molar-refractivity contribution in [3.63, 3.8) is 0 Å². The van der Waals surface area contributed by atoms with Gasteiger partial charge in [-0.3, -0.25) is 14.9 Å². The van der Waals surface area contributed by atoms with Crippen LogP contribution in [-0.2, 0) is 9.53 Å². The van der Waals surface area contributed by atoms with E-state index in [1.807, 2.05) is 6.92 Å². The standard InChI is InChI=1S/C16H14N2O5/c1-11-6-8-12(9-7-11)16(20)23-10-15(19)17-13-4-2-3-5-14(13)18(21)22/h2-9H,10H2,1H3,(H,17,19). The predicted molar refractivity (Wildman–Crippen MR) is 83.2 cm³/mol. The summed E-state index contributed by atoms with van der Waals surface area (Å²) in [5, 5.41) is 13.2. The molecule has 118 valence electrons. The lowest BCUT2D eigenvalue weighted by atomic mass is 10.1. The number of nitrogens with zero attached hydrogens (tertiary/aromatic N) is 1. The fourth-order valence-electron chi connectivity index (χ4n) is 1.83. The van der Waals surface area contributed by atoms with Gasteiger partial charge in [-0.1, -0.05) is 29.8 Å². The van der Waals surface area contributed by atoms with Gasteiger partial charge in [0, 0.05) is 6.07 Å². The first-order chi connectivity index (χ1) is 11.0. The van der Waals surface area contributed by atoms with Crippen LogP contribution in [0.25, 0.3) is 0 Å². The number of anilines is 1. The van der Waals surface area contributed by atoms with Gasteiger partial charge >= 0.3 is 5.97 Å². The molecular weight excluding hydrogens is 300 g/mol. The number of amides is 1. The van der Waals surface area contributed by atoms with Crippen molar-refractivity contribution in [3.05, 3.63) is 69.8 Å². The minimum absolute atomic E-state index is 0.0499. The zero-order chi connectivity index (χ0) is 16.8. The summed E-state index contributed by atoms with van der Waals surface area (Å²) in [6.45, 7) is 1.36. The number of nitro benzene ring substituents is 1. The van der Waals surface area contributed by atoms with Crippen molar-refractivity contribution in [2.75, 3.05) is 11.9 Å². The van der Waals surface area contributed by atoms with Crippen LogP contribution >= 0.6 is 0 Å². The van der Waals surface area contributed by atoms with Gasteiger partial charge < -0.3 is 10.1 Å². The van der Waals surface area contributed by atoms with Gasteiger partial charge in [-0.05, 0) is 25.1 Å². The Bertz CT molecular complexity index is 740. The fourth-order valence-corrected chi connectivity index (χ4v) is 1.83. The van der Waals surface area contributed by atoms with Crippen LogP contribution in [0.5, 0.6) is 0 Å². The third-order valence-corrected chi connectivity index (χ3v) is 3.00. The molecule has 0 heterocycles. The molecule has 0 aliphatic carbocycles. The van der Waals surface area contributed by atoms with E-state index < -0.39 is 23.4 Å². The van der Waals surface area contributed by atoms with E-state index in [0.29, 0.717) is 5.56 Å². The summed E-state index contributed by atoms with van der Waals surface area (Å²) >= 11 is 0. The molecule has 0 aromatic heterocycles. The number of nitrogens with one attached hydrogen (secondary N) is 1. The van der Waals surface area contributed by atoms with Gasteiger partial charge in [-0.25, -0.2) is 4.79 Å². The summed E-state index contributed by atoms with van der Waals surface area (Å²) in [6.07, 6.45) is 0. The SMILES string of the molecule is Cc1ccc(C(=O)OCC(=O)Nc2ccccc2[N+](=O)[O-])cc1. The van der Waals surface area contributed by atoms with Crippen LogP contribution in [0.2, 0.25) is 0 Å². The molecule has 0 radical (unpaired) electrons. The van der Waals surface area contributed by atoms with Crippen molar-refractivity contribution in [1.29, 1.82) is 0 Å². The maximum atomic E-state index is 11.8. The normalized spacial score (nSPS) is 9.96. The zero-order valence-corrected chi connectivity index (χ0v) is 12.3. The first-order valence-corrected chi connectivity index (χ1v) is 6.74. The van der Waals surface area contributed by atoms with E-state index in [1.165, 1.54) is 18.2 Å². The number of aryl methyl sites for hydroxylation is 1. The number of esters is 1. The van der Waals surface area contributed by atoms with Gasteiger partial charge in [-0.2, -0.15) is 0 Å². The molecule has 0 fully saturated rings. The van der Waals surface area contributed by atoms with Crippen molar-refractivity contribution < 1.29 is 19.2 Å². The summed E-state index contributed by atoms with van der Waals surface area (Å²) in [5.74, 6) is -1.29. The molecule has 0 atom stereocenters. The number of nitro groups is 1. The molecule has 2 rings (SSSR count). The van der Waals surface area contributed by atoms with Gasteiger partial charge in [0.1, 0.15) is 5.69 Å². The Hall–Kier alpha value is -3.22. The van der Waals surface area contributed by atoms with Crippen LogP contribution in [0.1, 0.15) is 15.9 Å². The third kappa shape index (κ3) is 4.37. The Kier molecular flexibility index (Phi) is 5.03. The second-order valence-corrected chi connectivity index (χ2v) is 4.76. The first kappa shape index (κ1) is 16.2. The van der Waals surface area contributed by atoms with E-state index in [9.17, 15) is 19.7 Å². The lowest BCUT2D eigenvalue weighted by molar-refractivity contribution is -0.383. The first-order valence-electron chi connectivity index (χ1n) is 6.74. The molecule has 0 saturated carbocycles. The van der Waals surface area contributed by atoms with E-state index in [2.05, 4.69) is 5.32 Å². The molecule has 0 unspecified atom stereocenters. The molecule has 2 aromatic rings. The van der Waals surface area contributed by atoms with Crippen LogP contribution < -0.4 is 5.32 Å². The highest BCUT2D eigenvalue weighted by atomic mass is 16.6. The minimum Gasteiger partial charge on any atom is -0.452 e. The molecule has 7 nitrogen and oxygen atoms in total. The number of carbonyl (C=O) groups excluding carboxylic acids is 2. The van der Waals surface area contributed by atoms with E-state index in [1.54, 1.807) is 30.3 Å². The topological polar surface area (TPSA) is 98.5 Å². The highest BCUT2D eigenvalue weighted by Gasteiger charge is 2.16. The average molecular weight is 314 g/mol. The summed E-state index contributed by atoms with van der Waals surface area (Å²) in [4.78, 5) is 33.8. The van der Waals surface area contributed by atoms with Crippen LogP contribution in [0.15, 0.2) is 48.5 Å². The summed E-state index contributed by atoms with van der Waals surface area (Å²) in [6, 6.07) is 12.4. The van der Waals surface area contributed by atoms with Crippen LogP contribution in [-0.4, -0.2) is 23.4 Å². The molecule has 1 amide bonds. The average Bonchev–Trinajstić information content (AvgIpc) is 2.53. The largest absolute Gasteiger partial charge is 0.452 e. The van der Waals surface area contributed by atoms with E-state index in [-0.39, 0.29) is 11.4 Å². The molecule has 2 aromatic carbocycles. The Morgan fingerprint density at radius 2 is 1.78 bits per heavy atom. The minimum atomic E-state index is -0.653. The lowest BCUT2D eigenvalue weighted by Crippen LogP contribution is -2.21. The molecule has 23 heavy (non-hydrogen) atoms. The lowest BCUT2D eigenvalue weighted by Gasteiger charge is -2.07. The Balaban J connectivity index is 1.94. The maximum Gasteiger partial charge on any atom is 0.338 e. The van der Waals surface area contributed by atoms with E-state index in [4.69, 9.17) is 4.74 Å². The Morgan fingerprint density at radius 3 is 2.43 bits per heavy atom. The molecule has 0 spiro atoms.